The van der Waals surface area contributed by atoms with E-state index in [0.29, 0.717) is 34.3 Å². The molecule has 690 valence electrons. The standard InChI is InChI=1S/C57H36N6.C49H29N5.C28H19N3/c1-7-19-49-43(13-1)44-14-2-8-20-50(44)61(49)40-31-25-37(26-32-40)55-58-56(38-27-33-41(34-28-38)62-51-21-9-3-15-45(51)46-16-4-10-22-52(46)62)60-57(59-55)39-29-35-42(36-30-39)63-53-23-11-5-17-47(53)48-18-6-12-24-54(48)63;50-30-32-27-33(31-51)29-36(28-32)49-39(34-17-21-37(22-18-34)53-45-13-5-1-9-40(45)41-10-2-6-14-46(41)53)25-26-44(52-49)35-19-23-38(24-20-35)54-47-15-7-3-11-42(47)43-12-4-8-16-48(43)54;1-2-8-20(9-3-1)22-18-29-28(30-19-22)21-14-16-23(17-15-21)31-26-12-6-4-10-24(26)25-11-5-7-13-27(25)31/h1-36H;1-29H;1-19H. The third kappa shape index (κ3) is 15.1. The fourth-order valence-electron chi connectivity index (χ4n) is 21.8. The van der Waals surface area contributed by atoms with Crippen molar-refractivity contribution in [2.75, 3.05) is 0 Å². The van der Waals surface area contributed by atoms with Crippen LogP contribution in [0, 0.1) is 22.7 Å². The molecule has 29 rings (SSSR count). The van der Waals surface area contributed by atoms with E-state index in [4.69, 9.17) is 19.9 Å². The van der Waals surface area contributed by atoms with Crippen LogP contribution in [0.15, 0.2) is 510 Å². The van der Waals surface area contributed by atoms with Gasteiger partial charge < -0.3 is 27.4 Å². The van der Waals surface area contributed by atoms with Crippen molar-refractivity contribution in [2.24, 2.45) is 0 Å². The molecule has 14 heteroatoms. The zero-order valence-corrected chi connectivity index (χ0v) is 79.8. The van der Waals surface area contributed by atoms with Crippen molar-refractivity contribution < 1.29 is 0 Å². The molecule has 0 N–H and O–H groups in total. The van der Waals surface area contributed by atoms with Gasteiger partial charge in [0.1, 0.15) is 0 Å². The minimum Gasteiger partial charge on any atom is -0.309 e. The predicted molar refractivity (Wildman–Crippen MR) is 605 cm³/mol. The lowest BCUT2D eigenvalue weighted by molar-refractivity contribution is 1.07. The second-order valence-electron chi connectivity index (χ2n) is 37.1. The van der Waals surface area contributed by atoms with Gasteiger partial charge in [-0.15, -0.1) is 0 Å². The van der Waals surface area contributed by atoms with Crippen LogP contribution >= 0.6 is 0 Å². The Morgan fingerprint density at radius 1 is 0.162 bits per heavy atom. The predicted octanol–water partition coefficient (Wildman–Crippen LogP) is 33.1. The van der Waals surface area contributed by atoms with Gasteiger partial charge in [0.05, 0.1) is 101 Å². The van der Waals surface area contributed by atoms with Crippen molar-refractivity contribution in [3.63, 3.8) is 0 Å². The highest BCUT2D eigenvalue weighted by Crippen LogP contribution is 2.44. The Balaban J connectivity index is 0.000000116. The molecule has 0 aliphatic heterocycles. The number of hydrogen-bond donors (Lipinski definition) is 0. The molecule has 0 unspecified atom stereocenters. The molecule has 0 amide bonds. The molecule has 0 aliphatic carbocycles. The first-order valence-corrected chi connectivity index (χ1v) is 49.5. The molecule has 0 spiro atoms. The molecular formula is C134H84N14. The lowest BCUT2D eigenvalue weighted by Crippen LogP contribution is -2.01. The number of hydrogen-bond acceptors (Lipinski definition) is 8. The summed E-state index contributed by atoms with van der Waals surface area (Å²) in [6.45, 7) is 0. The van der Waals surface area contributed by atoms with Gasteiger partial charge in [0.25, 0.3) is 0 Å². The molecule has 14 nitrogen and oxygen atoms in total. The Morgan fingerprint density at radius 2 is 0.378 bits per heavy atom. The summed E-state index contributed by atoms with van der Waals surface area (Å²) in [5.41, 5.74) is 32.3. The maximum absolute atomic E-state index is 9.87. The van der Waals surface area contributed by atoms with E-state index in [0.717, 1.165) is 123 Å². The van der Waals surface area contributed by atoms with Crippen molar-refractivity contribution in [3.8, 4) is 137 Å². The Kier molecular flexibility index (Phi) is 21.3. The number of para-hydroxylation sites is 12. The second kappa shape index (κ2) is 36.5. The summed E-state index contributed by atoms with van der Waals surface area (Å²) >= 11 is 0. The summed E-state index contributed by atoms with van der Waals surface area (Å²) < 4.78 is 13.9. The van der Waals surface area contributed by atoms with Crippen molar-refractivity contribution in [2.45, 2.75) is 0 Å². The summed E-state index contributed by atoms with van der Waals surface area (Å²) in [6.07, 6.45) is 3.77. The van der Waals surface area contributed by atoms with Crippen LogP contribution in [0.2, 0.25) is 0 Å². The molecule has 0 saturated carbocycles. The first-order valence-electron chi connectivity index (χ1n) is 49.5. The lowest BCUT2D eigenvalue weighted by Gasteiger charge is -2.14. The maximum Gasteiger partial charge on any atom is 0.164 e. The number of pyridine rings is 1. The molecular weight excluding hydrogens is 1810 g/mol. The van der Waals surface area contributed by atoms with Gasteiger partial charge in [-0.3, -0.25) is 0 Å². The lowest BCUT2D eigenvalue weighted by atomic mass is 9.95. The zero-order chi connectivity index (χ0) is 98.2. The number of nitriles is 2. The highest BCUT2D eigenvalue weighted by molar-refractivity contribution is 6.15. The molecule has 0 atom stereocenters. The Bertz CT molecular complexity index is 9580. The number of aromatic nitrogens is 12. The molecule has 0 fully saturated rings. The quantitative estimate of drug-likeness (QED) is 0.104. The first-order chi connectivity index (χ1) is 73.3. The summed E-state index contributed by atoms with van der Waals surface area (Å²) in [7, 11) is 0. The van der Waals surface area contributed by atoms with Crippen LogP contribution in [0.25, 0.3) is 255 Å². The van der Waals surface area contributed by atoms with E-state index in [9.17, 15) is 10.5 Å². The fraction of sp³-hybridized carbons (Fsp3) is 0. The van der Waals surface area contributed by atoms with Gasteiger partial charge in [0, 0.05) is 156 Å². The number of fused-ring (bicyclic) bond motifs is 18. The molecule has 29 aromatic rings. The number of benzene rings is 20. The monoisotopic (exact) mass is 1890 g/mol. The van der Waals surface area contributed by atoms with Gasteiger partial charge in [-0.05, 0) is 230 Å². The smallest absolute Gasteiger partial charge is 0.164 e. The molecule has 148 heavy (non-hydrogen) atoms. The molecule has 0 radical (unpaired) electrons. The van der Waals surface area contributed by atoms with Crippen molar-refractivity contribution in [1.82, 2.24) is 57.3 Å². The summed E-state index contributed by atoms with van der Waals surface area (Å²) in [5, 5.41) is 34.5. The van der Waals surface area contributed by atoms with Gasteiger partial charge >= 0.3 is 0 Å². The van der Waals surface area contributed by atoms with Crippen molar-refractivity contribution >= 4 is 131 Å². The van der Waals surface area contributed by atoms with Crippen molar-refractivity contribution in [1.29, 1.82) is 10.5 Å². The number of nitrogens with zero attached hydrogens (tertiary/aromatic N) is 14. The topological polar surface area (TPSA) is 154 Å². The van der Waals surface area contributed by atoms with Gasteiger partial charge in [-0.25, -0.2) is 29.9 Å². The normalized spacial score (nSPS) is 11.5. The summed E-state index contributed by atoms with van der Waals surface area (Å²) in [6, 6.07) is 178. The van der Waals surface area contributed by atoms with Gasteiger partial charge in [0.2, 0.25) is 0 Å². The van der Waals surface area contributed by atoms with Crippen LogP contribution in [-0.4, -0.2) is 57.3 Å². The Hall–Kier alpha value is -20.6. The highest BCUT2D eigenvalue weighted by Gasteiger charge is 2.24. The number of rotatable bonds is 14. The van der Waals surface area contributed by atoms with E-state index in [1.54, 1.807) is 6.07 Å². The molecule has 20 aromatic carbocycles. The summed E-state index contributed by atoms with van der Waals surface area (Å²) in [4.78, 5) is 30.0. The third-order valence-corrected chi connectivity index (χ3v) is 28.6. The van der Waals surface area contributed by atoms with Gasteiger partial charge in [0.15, 0.2) is 23.3 Å². The van der Waals surface area contributed by atoms with Crippen molar-refractivity contribution in [3.05, 3.63) is 521 Å². The molecule has 0 aliphatic rings. The zero-order valence-electron chi connectivity index (χ0n) is 79.8. The minimum absolute atomic E-state index is 0.416. The van der Waals surface area contributed by atoms with E-state index < -0.39 is 0 Å². The molecule has 0 saturated heterocycles. The van der Waals surface area contributed by atoms with Crippen LogP contribution in [0.3, 0.4) is 0 Å². The minimum atomic E-state index is 0.416. The van der Waals surface area contributed by atoms with E-state index in [-0.39, 0.29) is 0 Å². The Morgan fingerprint density at radius 3 is 0.622 bits per heavy atom. The van der Waals surface area contributed by atoms with E-state index >= 15 is 0 Å². The van der Waals surface area contributed by atoms with Crippen LogP contribution in [0.4, 0.5) is 0 Å². The average molecular weight is 1890 g/mol. The average Bonchev–Trinajstić information content (AvgIpc) is 1.61. The summed E-state index contributed by atoms with van der Waals surface area (Å²) in [5.74, 6) is 2.57. The van der Waals surface area contributed by atoms with E-state index in [2.05, 4.69) is 511 Å². The SMILES string of the molecule is N#Cc1cc(C#N)cc(-c2nc(-c3ccc(-n4c5ccccc5c5ccccc54)cc3)ccc2-c2ccc(-n3c4ccccc4c4ccccc43)cc2)c1.c1ccc(-c2cnc(-c3ccc(-n4c5ccccc5c5ccccc54)cc3)nc2)cc1.c1ccc2c(c1)c1ccccc1n2-c1ccc(-c2nc(-c3ccc(-n4c5ccccc5c5ccccc54)cc3)nc(-c3ccc(-n4c5ccccc5c5ccccc54)cc3)n2)cc1. The van der Waals surface area contributed by atoms with Crippen LogP contribution in [0.5, 0.6) is 0 Å². The van der Waals surface area contributed by atoms with E-state index in [1.165, 1.54) is 109 Å². The fourth-order valence-corrected chi connectivity index (χ4v) is 21.8. The van der Waals surface area contributed by atoms with E-state index in [1.807, 2.05) is 42.7 Å². The Labute approximate surface area is 850 Å². The van der Waals surface area contributed by atoms with Gasteiger partial charge in [-0.1, -0.05) is 279 Å². The molecule has 9 aromatic heterocycles. The second-order valence-corrected chi connectivity index (χ2v) is 37.1. The highest BCUT2D eigenvalue weighted by atomic mass is 15.1. The third-order valence-electron chi connectivity index (χ3n) is 28.6. The largest absolute Gasteiger partial charge is 0.309 e. The first kappa shape index (κ1) is 86.5. The molecule has 9 heterocycles. The molecule has 0 bridgehead atoms. The maximum atomic E-state index is 9.87. The van der Waals surface area contributed by atoms with Gasteiger partial charge in [-0.2, -0.15) is 10.5 Å². The van der Waals surface area contributed by atoms with Crippen LogP contribution in [0.1, 0.15) is 11.1 Å². The van der Waals surface area contributed by atoms with Crippen LogP contribution in [-0.2, 0) is 0 Å². The van der Waals surface area contributed by atoms with Crippen LogP contribution < -0.4 is 0 Å².